The molecule has 2 saturated heterocycles. The summed E-state index contributed by atoms with van der Waals surface area (Å²) in [5.74, 6) is -0.0204. The number of amides is 1. The third kappa shape index (κ3) is 3.44. The van der Waals surface area contributed by atoms with E-state index in [0.29, 0.717) is 18.3 Å². The number of carbonyl (C=O) groups is 1. The van der Waals surface area contributed by atoms with Crippen molar-refractivity contribution in [2.24, 2.45) is 0 Å². The molecule has 6 nitrogen and oxygen atoms in total. The van der Waals surface area contributed by atoms with Crippen LogP contribution in [0, 0.1) is 0 Å². The lowest BCUT2D eigenvalue weighted by Gasteiger charge is -2.23. The summed E-state index contributed by atoms with van der Waals surface area (Å²) < 4.78 is 7.51. The molecule has 0 saturated carbocycles. The predicted octanol–water partition coefficient (Wildman–Crippen LogP) is 1.06. The normalized spacial score (nSPS) is 26.0. The molecule has 0 spiro atoms. The summed E-state index contributed by atoms with van der Waals surface area (Å²) in [7, 11) is 1.82. The summed E-state index contributed by atoms with van der Waals surface area (Å²) in [5.41, 5.74) is 0.529. The highest BCUT2D eigenvalue weighted by Gasteiger charge is 2.23. The van der Waals surface area contributed by atoms with Crippen LogP contribution in [0.3, 0.4) is 0 Å². The maximum atomic E-state index is 12.4. The molecule has 0 radical (unpaired) electrons. The van der Waals surface area contributed by atoms with E-state index in [9.17, 15) is 4.79 Å². The van der Waals surface area contributed by atoms with Gasteiger partial charge in [0.15, 0.2) is 0 Å². The van der Waals surface area contributed by atoms with Gasteiger partial charge in [-0.05, 0) is 38.3 Å². The molecule has 2 atom stereocenters. The van der Waals surface area contributed by atoms with Crippen LogP contribution in [0.1, 0.15) is 42.2 Å². The summed E-state index contributed by atoms with van der Waals surface area (Å²) in [5, 5.41) is 7.84. The van der Waals surface area contributed by atoms with Gasteiger partial charge in [-0.15, -0.1) is 0 Å². The lowest BCUT2D eigenvalue weighted by Crippen LogP contribution is -2.35. The number of nitrogens with one attached hydrogen (secondary N) is 1. The molecule has 1 N–H and O–H groups in total. The molecule has 1 aromatic rings. The Hall–Kier alpha value is -1.40. The SMILES string of the molecule is CN(C[C@@H]1CCCO1)C(=O)c1ccn([C@@H]2CCCNC2)n1. The van der Waals surface area contributed by atoms with Crippen LogP contribution < -0.4 is 5.32 Å². The van der Waals surface area contributed by atoms with E-state index in [-0.39, 0.29) is 12.0 Å². The van der Waals surface area contributed by atoms with Gasteiger partial charge in [0.25, 0.3) is 5.91 Å². The van der Waals surface area contributed by atoms with Crippen LogP contribution in [0.2, 0.25) is 0 Å². The number of aromatic nitrogens is 2. The zero-order valence-corrected chi connectivity index (χ0v) is 12.6. The monoisotopic (exact) mass is 292 g/mol. The van der Waals surface area contributed by atoms with Crippen molar-refractivity contribution in [1.29, 1.82) is 0 Å². The average Bonchev–Trinajstić information content (AvgIpc) is 3.18. The number of hydrogen-bond acceptors (Lipinski definition) is 4. The fraction of sp³-hybridized carbons (Fsp3) is 0.733. The minimum atomic E-state index is -0.0204. The van der Waals surface area contributed by atoms with Crippen molar-refractivity contribution in [3.63, 3.8) is 0 Å². The molecule has 1 amide bonds. The Morgan fingerprint density at radius 3 is 3.14 bits per heavy atom. The standard InChI is InChI=1S/C15H24N4O2/c1-18(11-13-5-3-9-21-13)15(20)14-6-8-19(17-14)12-4-2-7-16-10-12/h6,8,12-13,16H,2-5,7,9-11H2,1H3/t12-,13+/m1/s1. The summed E-state index contributed by atoms with van der Waals surface area (Å²) in [4.78, 5) is 14.1. The van der Waals surface area contributed by atoms with Crippen molar-refractivity contribution in [3.8, 4) is 0 Å². The van der Waals surface area contributed by atoms with Crippen molar-refractivity contribution in [1.82, 2.24) is 20.0 Å². The summed E-state index contributed by atoms with van der Waals surface area (Å²) >= 11 is 0. The second-order valence-corrected chi connectivity index (χ2v) is 6.00. The van der Waals surface area contributed by atoms with E-state index in [2.05, 4.69) is 10.4 Å². The van der Waals surface area contributed by atoms with Crippen LogP contribution in [0.5, 0.6) is 0 Å². The van der Waals surface area contributed by atoms with E-state index < -0.39 is 0 Å². The van der Waals surface area contributed by atoms with E-state index >= 15 is 0 Å². The molecule has 6 heteroatoms. The smallest absolute Gasteiger partial charge is 0.274 e. The van der Waals surface area contributed by atoms with Gasteiger partial charge >= 0.3 is 0 Å². The Morgan fingerprint density at radius 1 is 1.52 bits per heavy atom. The van der Waals surface area contributed by atoms with Crippen molar-refractivity contribution < 1.29 is 9.53 Å². The lowest BCUT2D eigenvalue weighted by molar-refractivity contribution is 0.0581. The topological polar surface area (TPSA) is 59.4 Å². The molecular formula is C15H24N4O2. The van der Waals surface area contributed by atoms with Gasteiger partial charge in [0.05, 0.1) is 12.1 Å². The minimum Gasteiger partial charge on any atom is -0.376 e. The first kappa shape index (κ1) is 14.5. The van der Waals surface area contributed by atoms with Crippen molar-refractivity contribution in [2.45, 2.75) is 37.8 Å². The maximum absolute atomic E-state index is 12.4. The third-order valence-corrected chi connectivity index (χ3v) is 4.32. The fourth-order valence-electron chi connectivity index (χ4n) is 3.09. The molecule has 21 heavy (non-hydrogen) atoms. The molecular weight excluding hydrogens is 268 g/mol. The highest BCUT2D eigenvalue weighted by atomic mass is 16.5. The first-order valence-corrected chi connectivity index (χ1v) is 7.87. The van der Waals surface area contributed by atoms with E-state index in [1.807, 2.05) is 24.0 Å². The van der Waals surface area contributed by atoms with Crippen LogP contribution in [-0.4, -0.2) is 60.0 Å². The van der Waals surface area contributed by atoms with Crippen molar-refractivity contribution in [2.75, 3.05) is 33.3 Å². The highest BCUT2D eigenvalue weighted by Crippen LogP contribution is 2.17. The van der Waals surface area contributed by atoms with Gasteiger partial charge in [0, 0.05) is 32.9 Å². The van der Waals surface area contributed by atoms with Crippen LogP contribution in [0.15, 0.2) is 12.3 Å². The molecule has 0 aliphatic carbocycles. The fourth-order valence-corrected chi connectivity index (χ4v) is 3.09. The van der Waals surface area contributed by atoms with Gasteiger partial charge < -0.3 is 15.0 Å². The molecule has 2 aliphatic heterocycles. The first-order chi connectivity index (χ1) is 10.2. The van der Waals surface area contributed by atoms with Gasteiger partial charge in [-0.2, -0.15) is 5.10 Å². The summed E-state index contributed by atoms with van der Waals surface area (Å²) in [6.07, 6.45) is 6.52. The molecule has 0 aromatic carbocycles. The first-order valence-electron chi connectivity index (χ1n) is 7.87. The van der Waals surface area contributed by atoms with Crippen molar-refractivity contribution in [3.05, 3.63) is 18.0 Å². The number of rotatable bonds is 4. The molecule has 2 fully saturated rings. The Kier molecular flexibility index (Phi) is 4.55. The number of piperidine rings is 1. The highest BCUT2D eigenvalue weighted by molar-refractivity contribution is 5.92. The Morgan fingerprint density at radius 2 is 2.43 bits per heavy atom. The van der Waals surface area contributed by atoms with Crippen LogP contribution in [0.4, 0.5) is 0 Å². The van der Waals surface area contributed by atoms with E-state index in [1.54, 1.807) is 4.90 Å². The minimum absolute atomic E-state index is 0.0204. The molecule has 1 aromatic heterocycles. The Balaban J connectivity index is 1.60. The largest absolute Gasteiger partial charge is 0.376 e. The summed E-state index contributed by atoms with van der Waals surface area (Å²) in [6, 6.07) is 2.19. The Labute approximate surface area is 125 Å². The zero-order valence-electron chi connectivity index (χ0n) is 12.6. The second kappa shape index (κ2) is 6.58. The number of hydrogen-bond donors (Lipinski definition) is 1. The number of carbonyl (C=O) groups excluding carboxylic acids is 1. The molecule has 0 bridgehead atoms. The summed E-state index contributed by atoms with van der Waals surface area (Å²) in [6.45, 7) is 3.47. The second-order valence-electron chi connectivity index (χ2n) is 6.00. The van der Waals surface area contributed by atoms with E-state index in [4.69, 9.17) is 4.74 Å². The van der Waals surface area contributed by atoms with Gasteiger partial charge in [-0.1, -0.05) is 0 Å². The number of ether oxygens (including phenoxy) is 1. The Bertz CT molecular complexity index is 476. The molecule has 0 unspecified atom stereocenters. The molecule has 3 heterocycles. The quantitative estimate of drug-likeness (QED) is 0.901. The van der Waals surface area contributed by atoms with Crippen molar-refractivity contribution >= 4 is 5.91 Å². The molecule has 3 rings (SSSR count). The van der Waals surface area contributed by atoms with Crippen LogP contribution in [0.25, 0.3) is 0 Å². The van der Waals surface area contributed by atoms with Gasteiger partial charge in [-0.25, -0.2) is 0 Å². The predicted molar refractivity (Wildman–Crippen MR) is 79.3 cm³/mol. The van der Waals surface area contributed by atoms with Gasteiger partial charge in [0.1, 0.15) is 5.69 Å². The molecule has 116 valence electrons. The van der Waals surface area contributed by atoms with Crippen LogP contribution >= 0.6 is 0 Å². The average molecular weight is 292 g/mol. The zero-order chi connectivity index (χ0) is 14.7. The molecule has 2 aliphatic rings. The number of likely N-dealkylation sites (N-methyl/N-ethyl adjacent to an activating group) is 1. The van der Waals surface area contributed by atoms with E-state index in [1.165, 1.54) is 0 Å². The van der Waals surface area contributed by atoms with Gasteiger partial charge in [0.2, 0.25) is 0 Å². The van der Waals surface area contributed by atoms with Crippen LogP contribution in [-0.2, 0) is 4.74 Å². The number of nitrogens with zero attached hydrogens (tertiary/aromatic N) is 3. The lowest BCUT2D eigenvalue weighted by atomic mass is 10.1. The maximum Gasteiger partial charge on any atom is 0.274 e. The third-order valence-electron chi connectivity index (χ3n) is 4.32. The van der Waals surface area contributed by atoms with E-state index in [0.717, 1.165) is 45.4 Å². The van der Waals surface area contributed by atoms with Gasteiger partial charge in [-0.3, -0.25) is 9.48 Å².